The average Bonchev–Trinajstić information content (AvgIpc) is 2.41. The van der Waals surface area contributed by atoms with Crippen molar-refractivity contribution in [2.45, 2.75) is 13.2 Å². The summed E-state index contributed by atoms with van der Waals surface area (Å²) >= 11 is 0. The van der Waals surface area contributed by atoms with Gasteiger partial charge in [-0.1, -0.05) is 30.3 Å². The molecule has 0 aliphatic carbocycles. The van der Waals surface area contributed by atoms with Crippen LogP contribution in [0.1, 0.15) is 11.1 Å². The number of aliphatic hydroxyl groups excluding tert-OH is 1. The second-order valence-corrected chi connectivity index (χ2v) is 4.05. The van der Waals surface area contributed by atoms with Crippen LogP contribution in [0.4, 0.5) is 0 Å². The zero-order chi connectivity index (χ0) is 13.0. The van der Waals surface area contributed by atoms with Gasteiger partial charge in [-0.15, -0.1) is 10.9 Å². The quantitative estimate of drug-likeness (QED) is 0.773. The molecule has 4 radical (unpaired) electrons. The molecule has 0 fully saturated rings. The maximum absolute atomic E-state index is 8.93. The Morgan fingerprint density at radius 1 is 0.889 bits per heavy atom. The Kier molecular flexibility index (Phi) is 4.11. The minimum atomic E-state index is 0.0365. The summed E-state index contributed by atoms with van der Waals surface area (Å²) < 4.78 is 5.61. The fraction of sp³-hybridized carbons (Fsp3) is 0.143. The van der Waals surface area contributed by atoms with E-state index >= 15 is 0 Å². The second-order valence-electron chi connectivity index (χ2n) is 4.05. The van der Waals surface area contributed by atoms with Crippen molar-refractivity contribution in [1.29, 1.82) is 0 Å². The minimum Gasteiger partial charge on any atom is -0.489 e. The number of rotatable bonds is 4. The van der Waals surface area contributed by atoms with Crippen LogP contribution >= 0.6 is 0 Å². The zero-order valence-corrected chi connectivity index (χ0v) is 9.97. The molecule has 86 valence electrons. The predicted molar refractivity (Wildman–Crippen MR) is 73.9 cm³/mol. The Balaban J connectivity index is 1.99. The van der Waals surface area contributed by atoms with Crippen molar-refractivity contribution < 1.29 is 9.84 Å². The maximum atomic E-state index is 8.93. The summed E-state index contributed by atoms with van der Waals surface area (Å²) in [6.07, 6.45) is 0. The van der Waals surface area contributed by atoms with Crippen LogP contribution in [0.2, 0.25) is 0 Å². The first-order chi connectivity index (χ1) is 8.69. The number of hydrogen-bond acceptors (Lipinski definition) is 2. The fourth-order valence-corrected chi connectivity index (χ4v) is 1.57. The summed E-state index contributed by atoms with van der Waals surface area (Å²) in [4.78, 5) is 0. The van der Waals surface area contributed by atoms with Crippen molar-refractivity contribution in [3.8, 4) is 5.75 Å². The molecule has 0 aliphatic heterocycles. The molecular weight excluding hydrogens is 222 g/mol. The Morgan fingerprint density at radius 3 is 2.17 bits per heavy atom. The molecular formula is C14H12B2O2. The van der Waals surface area contributed by atoms with Gasteiger partial charge in [-0.05, 0) is 23.3 Å². The topological polar surface area (TPSA) is 29.5 Å². The van der Waals surface area contributed by atoms with Crippen molar-refractivity contribution in [3.05, 3.63) is 53.6 Å². The molecule has 2 aromatic carbocycles. The van der Waals surface area contributed by atoms with Crippen LogP contribution in [0.5, 0.6) is 5.75 Å². The molecule has 2 aromatic rings. The van der Waals surface area contributed by atoms with Crippen LogP contribution in [0, 0.1) is 0 Å². The van der Waals surface area contributed by atoms with Crippen LogP contribution in [0.15, 0.2) is 42.5 Å². The van der Waals surface area contributed by atoms with Gasteiger partial charge in [0.15, 0.2) is 0 Å². The highest BCUT2D eigenvalue weighted by Gasteiger charge is 1.98. The highest BCUT2D eigenvalue weighted by atomic mass is 16.5. The standard InChI is InChI=1S/C14H12B2O2/c15-13-6-3-11(7-14(13)16)9-18-12-4-1-10(8-17)2-5-12/h1-7,17H,8-9H2. The molecule has 0 unspecified atom stereocenters. The maximum Gasteiger partial charge on any atom is 0.119 e. The molecule has 0 saturated carbocycles. The molecule has 0 amide bonds. The first kappa shape index (κ1) is 12.8. The lowest BCUT2D eigenvalue weighted by atomic mass is 9.80. The van der Waals surface area contributed by atoms with Crippen molar-refractivity contribution in [1.82, 2.24) is 0 Å². The van der Waals surface area contributed by atoms with Crippen molar-refractivity contribution >= 4 is 26.6 Å². The Bertz CT molecular complexity index is 524. The van der Waals surface area contributed by atoms with E-state index in [1.165, 1.54) is 0 Å². The fourth-order valence-electron chi connectivity index (χ4n) is 1.57. The van der Waals surface area contributed by atoms with E-state index in [0.717, 1.165) is 16.9 Å². The molecule has 0 bridgehead atoms. The minimum absolute atomic E-state index is 0.0365. The summed E-state index contributed by atoms with van der Waals surface area (Å²) in [5.41, 5.74) is 2.96. The Labute approximate surface area is 109 Å². The molecule has 2 nitrogen and oxygen atoms in total. The van der Waals surface area contributed by atoms with Gasteiger partial charge >= 0.3 is 0 Å². The predicted octanol–water partition coefficient (Wildman–Crippen LogP) is 0.345. The van der Waals surface area contributed by atoms with Crippen LogP contribution in [0.3, 0.4) is 0 Å². The first-order valence-corrected chi connectivity index (χ1v) is 5.65. The summed E-state index contributed by atoms with van der Waals surface area (Å²) in [7, 11) is 11.4. The molecule has 18 heavy (non-hydrogen) atoms. The molecule has 4 heteroatoms. The van der Waals surface area contributed by atoms with E-state index in [0.29, 0.717) is 17.5 Å². The zero-order valence-electron chi connectivity index (χ0n) is 9.97. The molecule has 0 aliphatic rings. The molecule has 0 aromatic heterocycles. The molecule has 0 atom stereocenters. The van der Waals surface area contributed by atoms with Gasteiger partial charge in [0.1, 0.15) is 28.0 Å². The van der Waals surface area contributed by atoms with Crippen LogP contribution < -0.4 is 15.7 Å². The van der Waals surface area contributed by atoms with Crippen molar-refractivity contribution in [2.75, 3.05) is 0 Å². The van der Waals surface area contributed by atoms with E-state index in [1.54, 1.807) is 12.1 Å². The number of ether oxygens (including phenoxy) is 1. The molecule has 0 heterocycles. The van der Waals surface area contributed by atoms with Gasteiger partial charge in [-0.2, -0.15) is 0 Å². The largest absolute Gasteiger partial charge is 0.489 e. The van der Waals surface area contributed by atoms with Gasteiger partial charge in [-0.3, -0.25) is 0 Å². The van der Waals surface area contributed by atoms with Gasteiger partial charge < -0.3 is 9.84 Å². The Hall–Kier alpha value is -1.67. The van der Waals surface area contributed by atoms with E-state index in [-0.39, 0.29) is 6.61 Å². The van der Waals surface area contributed by atoms with E-state index < -0.39 is 0 Å². The lowest BCUT2D eigenvalue weighted by Gasteiger charge is -2.09. The van der Waals surface area contributed by atoms with Gasteiger partial charge in [0.25, 0.3) is 0 Å². The molecule has 0 spiro atoms. The van der Waals surface area contributed by atoms with E-state index in [4.69, 9.17) is 25.5 Å². The highest BCUT2D eigenvalue weighted by molar-refractivity contribution is 6.48. The van der Waals surface area contributed by atoms with Gasteiger partial charge in [-0.25, -0.2) is 0 Å². The van der Waals surface area contributed by atoms with E-state index in [1.807, 2.05) is 30.3 Å². The van der Waals surface area contributed by atoms with Crippen LogP contribution in [-0.4, -0.2) is 20.8 Å². The third-order valence-electron chi connectivity index (χ3n) is 2.66. The summed E-state index contributed by atoms with van der Waals surface area (Å²) in [5, 5.41) is 8.93. The SMILES string of the molecule is [B]c1ccc(COc2ccc(CO)cc2)cc1[B]. The molecule has 1 N–H and O–H groups in total. The Morgan fingerprint density at radius 2 is 1.56 bits per heavy atom. The first-order valence-electron chi connectivity index (χ1n) is 5.65. The molecule has 0 saturated heterocycles. The third kappa shape index (κ3) is 3.17. The highest BCUT2D eigenvalue weighted by Crippen LogP contribution is 2.13. The van der Waals surface area contributed by atoms with Crippen LogP contribution in [0.25, 0.3) is 0 Å². The van der Waals surface area contributed by atoms with Gasteiger partial charge in [0.05, 0.1) is 6.61 Å². The summed E-state index contributed by atoms with van der Waals surface area (Å²) in [5.74, 6) is 0.752. The number of aliphatic hydroxyl groups is 1. The lowest BCUT2D eigenvalue weighted by Crippen LogP contribution is -2.25. The van der Waals surface area contributed by atoms with E-state index in [2.05, 4.69) is 0 Å². The van der Waals surface area contributed by atoms with Gasteiger partial charge in [0, 0.05) is 0 Å². The lowest BCUT2D eigenvalue weighted by molar-refractivity contribution is 0.280. The second kappa shape index (κ2) is 5.78. The van der Waals surface area contributed by atoms with Crippen molar-refractivity contribution in [3.63, 3.8) is 0 Å². The summed E-state index contributed by atoms with van der Waals surface area (Å²) in [6.45, 7) is 0.470. The number of benzene rings is 2. The third-order valence-corrected chi connectivity index (χ3v) is 2.66. The van der Waals surface area contributed by atoms with Crippen molar-refractivity contribution in [2.24, 2.45) is 0 Å². The molecule has 2 rings (SSSR count). The smallest absolute Gasteiger partial charge is 0.119 e. The van der Waals surface area contributed by atoms with Crippen LogP contribution in [-0.2, 0) is 13.2 Å². The number of hydrogen-bond donors (Lipinski definition) is 1. The average molecular weight is 234 g/mol. The normalized spacial score (nSPS) is 10.3. The van der Waals surface area contributed by atoms with Gasteiger partial charge in [0.2, 0.25) is 0 Å². The summed E-state index contributed by atoms with van der Waals surface area (Å²) in [6, 6.07) is 12.8. The van der Waals surface area contributed by atoms with E-state index in [9.17, 15) is 0 Å². The monoisotopic (exact) mass is 234 g/mol.